The highest BCUT2D eigenvalue weighted by Crippen LogP contribution is 2.33. The fraction of sp³-hybridized carbons (Fsp3) is 0.200. The van der Waals surface area contributed by atoms with Crippen LogP contribution in [-0.2, 0) is 4.79 Å². The third-order valence-corrected chi connectivity index (χ3v) is 5.29. The standard InChI is InChI=1S/C20H18ClN3O2/c1-11(20(25)26)12(2)24-6-5-13-3-4-14(7-18(13)24)17-10-23-19-16(17)8-15(21)9-22-19/h3-12H,1-2H3,(H,22,23)(H,25,26)/t11-,12-/m1/s1. The largest absolute Gasteiger partial charge is 0.481 e. The molecule has 26 heavy (non-hydrogen) atoms. The van der Waals surface area contributed by atoms with Crippen LogP contribution in [0, 0.1) is 5.92 Å². The molecular weight excluding hydrogens is 350 g/mol. The summed E-state index contributed by atoms with van der Waals surface area (Å²) in [7, 11) is 0. The Hall–Kier alpha value is -2.79. The van der Waals surface area contributed by atoms with Crippen LogP contribution in [0.1, 0.15) is 19.9 Å². The molecule has 4 rings (SSSR count). The molecule has 0 unspecified atom stereocenters. The summed E-state index contributed by atoms with van der Waals surface area (Å²) in [5.74, 6) is -1.28. The second kappa shape index (κ2) is 6.18. The summed E-state index contributed by atoms with van der Waals surface area (Å²) in [6.45, 7) is 3.66. The van der Waals surface area contributed by atoms with E-state index < -0.39 is 11.9 Å². The molecule has 2 N–H and O–H groups in total. The van der Waals surface area contributed by atoms with E-state index in [4.69, 9.17) is 11.6 Å². The molecule has 0 saturated heterocycles. The molecule has 0 aliphatic carbocycles. The second-order valence-electron chi connectivity index (χ2n) is 6.62. The van der Waals surface area contributed by atoms with Gasteiger partial charge in [-0.1, -0.05) is 23.7 Å². The maximum absolute atomic E-state index is 11.4. The molecule has 0 aliphatic rings. The minimum Gasteiger partial charge on any atom is -0.481 e. The molecule has 4 aromatic rings. The van der Waals surface area contributed by atoms with Gasteiger partial charge in [0.05, 0.1) is 10.9 Å². The van der Waals surface area contributed by atoms with Gasteiger partial charge in [-0.25, -0.2) is 4.98 Å². The molecule has 5 nitrogen and oxygen atoms in total. The number of carboxylic acids is 1. The van der Waals surface area contributed by atoms with E-state index in [1.54, 1.807) is 13.1 Å². The number of pyridine rings is 1. The van der Waals surface area contributed by atoms with Crippen LogP contribution in [0.15, 0.2) is 48.9 Å². The number of aromatic nitrogens is 3. The lowest BCUT2D eigenvalue weighted by Crippen LogP contribution is -2.21. The van der Waals surface area contributed by atoms with Crippen molar-refractivity contribution in [2.24, 2.45) is 5.92 Å². The predicted octanol–water partition coefficient (Wildman–Crippen LogP) is 5.12. The van der Waals surface area contributed by atoms with Gasteiger partial charge in [-0.3, -0.25) is 4.79 Å². The van der Waals surface area contributed by atoms with Crippen LogP contribution in [0.25, 0.3) is 33.1 Å². The lowest BCUT2D eigenvalue weighted by molar-refractivity contribution is -0.142. The minimum atomic E-state index is -0.798. The first-order chi connectivity index (χ1) is 12.5. The molecule has 0 saturated carbocycles. The SMILES string of the molecule is C[C@H]([C@@H](C)C(=O)O)n1ccc2ccc(-c3c[nH]c4ncc(Cl)cc34)cc21. The smallest absolute Gasteiger partial charge is 0.308 e. The maximum Gasteiger partial charge on any atom is 0.308 e. The van der Waals surface area contributed by atoms with Gasteiger partial charge < -0.3 is 14.7 Å². The molecule has 0 bridgehead atoms. The second-order valence-corrected chi connectivity index (χ2v) is 7.05. The van der Waals surface area contributed by atoms with Gasteiger partial charge >= 0.3 is 5.97 Å². The quantitative estimate of drug-likeness (QED) is 0.526. The lowest BCUT2D eigenvalue weighted by Gasteiger charge is -2.19. The summed E-state index contributed by atoms with van der Waals surface area (Å²) in [5.41, 5.74) is 3.84. The molecule has 0 fully saturated rings. The van der Waals surface area contributed by atoms with Crippen molar-refractivity contribution < 1.29 is 9.90 Å². The van der Waals surface area contributed by atoms with Gasteiger partial charge in [0.25, 0.3) is 0 Å². The Balaban J connectivity index is 1.86. The first kappa shape index (κ1) is 16.7. The molecule has 0 amide bonds. The maximum atomic E-state index is 11.4. The number of rotatable bonds is 4. The zero-order valence-corrected chi connectivity index (χ0v) is 15.2. The molecule has 6 heteroatoms. The van der Waals surface area contributed by atoms with Crippen LogP contribution in [0.3, 0.4) is 0 Å². The van der Waals surface area contributed by atoms with Crippen molar-refractivity contribution in [3.8, 4) is 11.1 Å². The van der Waals surface area contributed by atoms with E-state index in [0.717, 1.165) is 33.1 Å². The monoisotopic (exact) mass is 367 g/mol. The molecule has 3 aromatic heterocycles. The molecule has 3 heterocycles. The molecule has 1 aromatic carbocycles. The Morgan fingerprint density at radius 1 is 1.27 bits per heavy atom. The van der Waals surface area contributed by atoms with Crippen molar-refractivity contribution in [1.82, 2.24) is 14.5 Å². The first-order valence-electron chi connectivity index (χ1n) is 8.42. The van der Waals surface area contributed by atoms with Crippen LogP contribution in [0.4, 0.5) is 0 Å². The van der Waals surface area contributed by atoms with Crippen LogP contribution in [0.2, 0.25) is 5.02 Å². The van der Waals surface area contributed by atoms with Crippen molar-refractivity contribution in [3.05, 3.63) is 53.9 Å². The Bertz CT molecular complexity index is 1130. The number of aliphatic carboxylic acids is 1. The molecular formula is C20H18ClN3O2. The normalized spacial score (nSPS) is 14.0. The molecule has 0 spiro atoms. The number of halogens is 1. The van der Waals surface area contributed by atoms with Crippen molar-refractivity contribution >= 4 is 39.5 Å². The number of hydrogen-bond acceptors (Lipinski definition) is 2. The Labute approximate surface area is 155 Å². The van der Waals surface area contributed by atoms with Gasteiger partial charge in [0.15, 0.2) is 0 Å². The summed E-state index contributed by atoms with van der Waals surface area (Å²) < 4.78 is 2.03. The van der Waals surface area contributed by atoms with Crippen LogP contribution < -0.4 is 0 Å². The highest BCUT2D eigenvalue weighted by molar-refractivity contribution is 6.31. The third-order valence-electron chi connectivity index (χ3n) is 5.08. The summed E-state index contributed by atoms with van der Waals surface area (Å²) in [6.07, 6.45) is 5.49. The number of carboxylic acid groups (broad SMARTS) is 1. The van der Waals surface area contributed by atoms with E-state index in [2.05, 4.69) is 28.2 Å². The molecule has 0 aliphatic heterocycles. The van der Waals surface area contributed by atoms with Crippen molar-refractivity contribution in [3.63, 3.8) is 0 Å². The van der Waals surface area contributed by atoms with E-state index in [0.29, 0.717) is 5.02 Å². The number of H-pyrrole nitrogens is 1. The highest BCUT2D eigenvalue weighted by Gasteiger charge is 2.22. The molecule has 2 atom stereocenters. The topological polar surface area (TPSA) is 70.9 Å². The fourth-order valence-electron chi connectivity index (χ4n) is 3.34. The summed E-state index contributed by atoms with van der Waals surface area (Å²) in [5, 5.41) is 12.0. The number of hydrogen-bond donors (Lipinski definition) is 2. The Morgan fingerprint density at radius 3 is 2.85 bits per heavy atom. The number of carbonyl (C=O) groups is 1. The number of nitrogens with zero attached hydrogens (tertiary/aromatic N) is 2. The van der Waals surface area contributed by atoms with Crippen molar-refractivity contribution in [1.29, 1.82) is 0 Å². The van der Waals surface area contributed by atoms with E-state index >= 15 is 0 Å². The molecule has 0 radical (unpaired) electrons. The average Bonchev–Trinajstić information content (AvgIpc) is 3.23. The Morgan fingerprint density at radius 2 is 2.08 bits per heavy atom. The first-order valence-corrected chi connectivity index (χ1v) is 8.80. The van der Waals surface area contributed by atoms with Gasteiger partial charge in [0.2, 0.25) is 0 Å². The van der Waals surface area contributed by atoms with Crippen LogP contribution in [0.5, 0.6) is 0 Å². The minimum absolute atomic E-state index is 0.153. The van der Waals surface area contributed by atoms with E-state index in [1.807, 2.05) is 36.0 Å². The highest BCUT2D eigenvalue weighted by atomic mass is 35.5. The fourth-order valence-corrected chi connectivity index (χ4v) is 3.49. The third kappa shape index (κ3) is 2.65. The lowest BCUT2D eigenvalue weighted by atomic mass is 10.0. The number of fused-ring (bicyclic) bond motifs is 2. The number of nitrogens with one attached hydrogen (secondary N) is 1. The van der Waals surface area contributed by atoms with Gasteiger partial charge in [-0.2, -0.15) is 0 Å². The summed E-state index contributed by atoms with van der Waals surface area (Å²) in [4.78, 5) is 18.8. The van der Waals surface area contributed by atoms with Crippen LogP contribution >= 0.6 is 11.6 Å². The van der Waals surface area contributed by atoms with Crippen molar-refractivity contribution in [2.45, 2.75) is 19.9 Å². The number of benzene rings is 1. The molecule has 132 valence electrons. The van der Waals surface area contributed by atoms with Gasteiger partial charge in [-0.05, 0) is 43.0 Å². The zero-order chi connectivity index (χ0) is 18.4. The summed E-state index contributed by atoms with van der Waals surface area (Å²) >= 11 is 6.11. The van der Waals surface area contributed by atoms with Gasteiger partial charge in [0.1, 0.15) is 5.65 Å². The predicted molar refractivity (Wildman–Crippen MR) is 104 cm³/mol. The number of aromatic amines is 1. The van der Waals surface area contributed by atoms with E-state index in [9.17, 15) is 9.90 Å². The van der Waals surface area contributed by atoms with Crippen molar-refractivity contribution in [2.75, 3.05) is 0 Å². The van der Waals surface area contributed by atoms with Crippen LogP contribution in [-0.4, -0.2) is 25.6 Å². The van der Waals surface area contributed by atoms with E-state index in [1.165, 1.54) is 0 Å². The van der Waals surface area contributed by atoms with Gasteiger partial charge in [-0.15, -0.1) is 0 Å². The summed E-state index contributed by atoms with van der Waals surface area (Å²) in [6, 6.07) is 9.95. The Kier molecular flexibility index (Phi) is 3.96. The van der Waals surface area contributed by atoms with E-state index in [-0.39, 0.29) is 6.04 Å². The zero-order valence-electron chi connectivity index (χ0n) is 14.4. The average molecular weight is 368 g/mol. The van der Waals surface area contributed by atoms with Gasteiger partial charge in [0, 0.05) is 41.1 Å².